The SMILES string of the molecule is CC[C@H]1CC(=O)C2CCC3C(CCC4=CC(=O)C=C(C)C43C)C21. The molecule has 0 amide bonds. The van der Waals surface area contributed by atoms with Crippen LogP contribution in [0.15, 0.2) is 23.3 Å². The molecule has 0 saturated heterocycles. The summed E-state index contributed by atoms with van der Waals surface area (Å²) >= 11 is 0. The molecule has 3 fully saturated rings. The van der Waals surface area contributed by atoms with Crippen molar-refractivity contribution in [3.05, 3.63) is 23.3 Å². The van der Waals surface area contributed by atoms with Crippen LogP contribution in [0.25, 0.3) is 0 Å². The van der Waals surface area contributed by atoms with Crippen molar-refractivity contribution < 1.29 is 9.59 Å². The number of allylic oxidation sites excluding steroid dienone is 4. The Morgan fingerprint density at radius 3 is 2.70 bits per heavy atom. The normalized spacial score (nSPS) is 45.8. The van der Waals surface area contributed by atoms with Gasteiger partial charge in [0.05, 0.1) is 0 Å². The monoisotopic (exact) mass is 312 g/mol. The Morgan fingerprint density at radius 1 is 1.17 bits per heavy atom. The molecule has 2 heteroatoms. The first-order chi connectivity index (χ1) is 11.0. The van der Waals surface area contributed by atoms with Gasteiger partial charge in [0.1, 0.15) is 5.78 Å². The Labute approximate surface area is 139 Å². The maximum atomic E-state index is 12.5. The largest absolute Gasteiger partial charge is 0.299 e. The standard InChI is InChI=1S/C21H28O2/c1-4-13-10-19(23)17-7-8-18-16(20(13)17)6-5-14-11-15(22)9-12(2)21(14,18)3/h9,11,13,16-18,20H,4-8,10H2,1-3H3/t13-,16?,17?,18?,20?,21?/m0/s1. The molecule has 4 rings (SSSR count). The molecule has 2 nitrogen and oxygen atoms in total. The van der Waals surface area contributed by atoms with E-state index in [1.54, 1.807) is 0 Å². The van der Waals surface area contributed by atoms with E-state index in [0.717, 1.165) is 32.1 Å². The first-order valence-corrected chi connectivity index (χ1v) is 9.43. The summed E-state index contributed by atoms with van der Waals surface area (Å²) in [4.78, 5) is 24.4. The third-order valence-corrected chi connectivity index (χ3v) is 7.86. The van der Waals surface area contributed by atoms with Crippen LogP contribution in [0.4, 0.5) is 0 Å². The summed E-state index contributed by atoms with van der Waals surface area (Å²) < 4.78 is 0. The molecule has 0 spiro atoms. The number of rotatable bonds is 1. The first-order valence-electron chi connectivity index (χ1n) is 9.43. The first kappa shape index (κ1) is 15.4. The van der Waals surface area contributed by atoms with Crippen molar-refractivity contribution in [2.45, 2.75) is 59.3 Å². The molecule has 23 heavy (non-hydrogen) atoms. The highest BCUT2D eigenvalue weighted by Gasteiger charge is 2.57. The Bertz CT molecular complexity index is 626. The summed E-state index contributed by atoms with van der Waals surface area (Å²) in [5.74, 6) is 3.54. The topological polar surface area (TPSA) is 34.1 Å². The minimum atomic E-state index is 0.0612. The Hall–Kier alpha value is -1.18. The van der Waals surface area contributed by atoms with E-state index in [4.69, 9.17) is 0 Å². The van der Waals surface area contributed by atoms with Crippen molar-refractivity contribution in [2.24, 2.45) is 35.0 Å². The van der Waals surface area contributed by atoms with Crippen molar-refractivity contribution in [1.29, 1.82) is 0 Å². The number of hydrogen-bond donors (Lipinski definition) is 0. The van der Waals surface area contributed by atoms with Gasteiger partial charge in [-0.1, -0.05) is 31.4 Å². The summed E-state index contributed by atoms with van der Waals surface area (Å²) in [5, 5.41) is 0. The quantitative estimate of drug-likeness (QED) is 0.714. The summed E-state index contributed by atoms with van der Waals surface area (Å²) in [5.41, 5.74) is 2.68. The van der Waals surface area contributed by atoms with Crippen LogP contribution in [0.5, 0.6) is 0 Å². The Kier molecular flexibility index (Phi) is 3.44. The average molecular weight is 312 g/mol. The second kappa shape index (κ2) is 5.16. The molecule has 0 bridgehead atoms. The van der Waals surface area contributed by atoms with Crippen LogP contribution >= 0.6 is 0 Å². The van der Waals surface area contributed by atoms with Gasteiger partial charge in [-0.05, 0) is 68.4 Å². The third kappa shape index (κ3) is 1.99. The molecule has 5 unspecified atom stereocenters. The second-order valence-electron chi connectivity index (χ2n) is 8.51. The fourth-order valence-electron chi connectivity index (χ4n) is 6.62. The summed E-state index contributed by atoms with van der Waals surface area (Å²) in [6.07, 6.45) is 10.2. The minimum Gasteiger partial charge on any atom is -0.299 e. The molecule has 0 N–H and O–H groups in total. The van der Waals surface area contributed by atoms with Crippen molar-refractivity contribution in [3.8, 4) is 0 Å². The van der Waals surface area contributed by atoms with Gasteiger partial charge in [-0.3, -0.25) is 9.59 Å². The second-order valence-corrected chi connectivity index (χ2v) is 8.51. The van der Waals surface area contributed by atoms with Crippen LogP contribution in [0.2, 0.25) is 0 Å². The van der Waals surface area contributed by atoms with E-state index in [2.05, 4.69) is 20.8 Å². The maximum Gasteiger partial charge on any atom is 0.178 e. The van der Waals surface area contributed by atoms with E-state index in [-0.39, 0.29) is 11.2 Å². The Balaban J connectivity index is 1.73. The van der Waals surface area contributed by atoms with Crippen LogP contribution in [0.1, 0.15) is 59.3 Å². The van der Waals surface area contributed by atoms with Gasteiger partial charge in [-0.15, -0.1) is 0 Å². The van der Waals surface area contributed by atoms with E-state index in [1.807, 2.05) is 12.2 Å². The molecule has 0 aromatic heterocycles. The summed E-state index contributed by atoms with van der Waals surface area (Å²) in [6.45, 7) is 6.77. The minimum absolute atomic E-state index is 0.0612. The number of hydrogen-bond acceptors (Lipinski definition) is 2. The molecule has 4 aliphatic rings. The van der Waals surface area contributed by atoms with Gasteiger partial charge in [0.25, 0.3) is 0 Å². The highest BCUT2D eigenvalue weighted by Crippen LogP contribution is 2.63. The van der Waals surface area contributed by atoms with Crippen molar-refractivity contribution in [1.82, 2.24) is 0 Å². The lowest BCUT2D eigenvalue weighted by atomic mass is 9.48. The average Bonchev–Trinajstić information content (AvgIpc) is 2.85. The molecule has 0 radical (unpaired) electrons. The predicted molar refractivity (Wildman–Crippen MR) is 90.8 cm³/mol. The van der Waals surface area contributed by atoms with Gasteiger partial charge in [0.15, 0.2) is 5.78 Å². The molecule has 6 atom stereocenters. The van der Waals surface area contributed by atoms with Gasteiger partial charge >= 0.3 is 0 Å². The van der Waals surface area contributed by atoms with Crippen LogP contribution < -0.4 is 0 Å². The zero-order valence-electron chi connectivity index (χ0n) is 14.6. The molecular formula is C21H28O2. The number of carbonyl (C=O) groups is 2. The highest BCUT2D eigenvalue weighted by molar-refractivity contribution is 6.02. The van der Waals surface area contributed by atoms with Gasteiger partial charge < -0.3 is 0 Å². The highest BCUT2D eigenvalue weighted by atomic mass is 16.1. The van der Waals surface area contributed by atoms with Crippen LogP contribution in [-0.4, -0.2) is 11.6 Å². The smallest absolute Gasteiger partial charge is 0.178 e. The zero-order chi connectivity index (χ0) is 16.4. The Morgan fingerprint density at radius 2 is 1.96 bits per heavy atom. The van der Waals surface area contributed by atoms with Crippen molar-refractivity contribution in [2.75, 3.05) is 0 Å². The van der Waals surface area contributed by atoms with E-state index in [9.17, 15) is 9.59 Å². The van der Waals surface area contributed by atoms with E-state index < -0.39 is 0 Å². The van der Waals surface area contributed by atoms with Gasteiger partial charge in [0.2, 0.25) is 0 Å². The summed E-state index contributed by atoms with van der Waals surface area (Å²) in [7, 11) is 0. The van der Waals surface area contributed by atoms with Crippen LogP contribution in [0, 0.1) is 35.0 Å². The molecule has 124 valence electrons. The van der Waals surface area contributed by atoms with E-state index in [0.29, 0.717) is 35.4 Å². The van der Waals surface area contributed by atoms with Crippen LogP contribution in [-0.2, 0) is 9.59 Å². The number of fused-ring (bicyclic) bond motifs is 5. The number of ketones is 2. The molecular weight excluding hydrogens is 284 g/mol. The molecule has 0 heterocycles. The molecule has 4 aliphatic carbocycles. The van der Waals surface area contributed by atoms with Crippen molar-refractivity contribution >= 4 is 11.6 Å². The fourth-order valence-corrected chi connectivity index (χ4v) is 6.62. The lowest BCUT2D eigenvalue weighted by Crippen LogP contribution is -2.48. The van der Waals surface area contributed by atoms with Crippen molar-refractivity contribution in [3.63, 3.8) is 0 Å². The van der Waals surface area contributed by atoms with Gasteiger partial charge in [-0.25, -0.2) is 0 Å². The van der Waals surface area contributed by atoms with Gasteiger partial charge in [0, 0.05) is 17.8 Å². The van der Waals surface area contributed by atoms with E-state index >= 15 is 0 Å². The number of carbonyl (C=O) groups excluding carboxylic acids is 2. The van der Waals surface area contributed by atoms with E-state index in [1.165, 1.54) is 17.6 Å². The molecule has 3 saturated carbocycles. The molecule has 0 aromatic rings. The number of Topliss-reactive ketones (excluding diaryl/α,β-unsaturated/α-hetero) is 1. The molecule has 0 aromatic carbocycles. The maximum absolute atomic E-state index is 12.5. The van der Waals surface area contributed by atoms with Gasteiger partial charge in [-0.2, -0.15) is 0 Å². The summed E-state index contributed by atoms with van der Waals surface area (Å²) in [6, 6.07) is 0. The third-order valence-electron chi connectivity index (χ3n) is 7.86. The van der Waals surface area contributed by atoms with Crippen LogP contribution in [0.3, 0.4) is 0 Å². The zero-order valence-corrected chi connectivity index (χ0v) is 14.6. The predicted octanol–water partition coefficient (Wildman–Crippen LogP) is 4.50. The molecule has 0 aliphatic heterocycles. The lowest BCUT2D eigenvalue weighted by molar-refractivity contribution is -0.123. The lowest BCUT2D eigenvalue weighted by Gasteiger charge is -2.55. The fraction of sp³-hybridized carbons (Fsp3) is 0.714.